The fraction of sp³-hybridized carbons (Fsp3) is 1.00. The number of nitrogens with zero attached hydrogens (tertiary/aromatic N) is 3. The fourth-order valence-electron chi connectivity index (χ4n) is 0.836. The van der Waals surface area contributed by atoms with E-state index >= 15 is 0 Å². The van der Waals surface area contributed by atoms with Crippen molar-refractivity contribution in [1.82, 2.24) is 9.27 Å². The molecule has 0 aromatic carbocycles. The summed E-state index contributed by atoms with van der Waals surface area (Å²) in [6.07, 6.45) is 0. The maximum atomic E-state index is 13.4. The molecule has 0 aromatic rings. The van der Waals surface area contributed by atoms with Crippen LogP contribution in [-0.4, -0.2) is 30.6 Å². The van der Waals surface area contributed by atoms with Crippen molar-refractivity contribution in [2.45, 2.75) is 0 Å². The average molecular weight is 285 g/mol. The Kier molecular flexibility index (Phi) is 4.89. The van der Waals surface area contributed by atoms with Gasteiger partial charge in [0.2, 0.25) is 0 Å². The van der Waals surface area contributed by atoms with Gasteiger partial charge >= 0.3 is 24.7 Å². The van der Waals surface area contributed by atoms with Gasteiger partial charge in [0.1, 0.15) is 0 Å². The minimum absolute atomic E-state index is 0.487. The van der Waals surface area contributed by atoms with Crippen LogP contribution >= 0.6 is 24.7 Å². The number of hydrogen-bond acceptors (Lipinski definition) is 6. The smallest absolute Gasteiger partial charge is 0.314 e. The van der Waals surface area contributed by atoms with Gasteiger partial charge < -0.3 is 9.05 Å². The molecule has 1 heterocycles. The first-order valence-corrected chi connectivity index (χ1v) is 7.29. The normalized spacial score (nSPS) is 32.7. The summed E-state index contributed by atoms with van der Waals surface area (Å²) in [5.41, 5.74) is 0. The van der Waals surface area contributed by atoms with Gasteiger partial charge in [0.25, 0.3) is 0 Å². The number of halogens is 3. The molecule has 0 bridgehead atoms. The molecule has 12 heteroatoms. The second-order valence-electron chi connectivity index (χ2n) is 2.10. The Bertz CT molecular complexity index is 276. The van der Waals surface area contributed by atoms with E-state index in [1.165, 1.54) is 0 Å². The second kappa shape index (κ2) is 5.34. The van der Waals surface area contributed by atoms with E-state index in [2.05, 4.69) is 9.35 Å². The molecular formula is C3H9F3N3O3P3. The Hall–Kier alpha value is 0.680. The Morgan fingerprint density at radius 3 is 2.13 bits per heavy atom. The van der Waals surface area contributed by atoms with E-state index in [0.717, 1.165) is 21.3 Å². The predicted molar refractivity (Wildman–Crippen MR) is 51.2 cm³/mol. The van der Waals surface area contributed by atoms with Crippen LogP contribution in [0, 0.1) is 0 Å². The Morgan fingerprint density at radius 2 is 1.73 bits per heavy atom. The van der Waals surface area contributed by atoms with Gasteiger partial charge in [0, 0.05) is 14.2 Å². The van der Waals surface area contributed by atoms with E-state index in [1.54, 1.807) is 0 Å². The third kappa shape index (κ3) is 2.35. The summed E-state index contributed by atoms with van der Waals surface area (Å²) < 4.78 is 52.0. The van der Waals surface area contributed by atoms with Gasteiger partial charge in [-0.2, -0.15) is 12.9 Å². The summed E-state index contributed by atoms with van der Waals surface area (Å²) in [5.74, 6) is 0. The first kappa shape index (κ1) is 13.7. The van der Waals surface area contributed by atoms with Crippen molar-refractivity contribution in [3.63, 3.8) is 0 Å². The first-order valence-electron chi connectivity index (χ1n) is 3.48. The maximum Gasteiger partial charge on any atom is 0.327 e. The molecule has 2 unspecified atom stereocenters. The van der Waals surface area contributed by atoms with Crippen LogP contribution in [0.1, 0.15) is 0 Å². The van der Waals surface area contributed by atoms with Crippen molar-refractivity contribution in [2.75, 3.05) is 21.3 Å². The van der Waals surface area contributed by atoms with E-state index in [4.69, 9.17) is 9.05 Å². The molecule has 0 spiro atoms. The highest BCUT2D eigenvalue weighted by Crippen LogP contribution is 2.79. The average Bonchev–Trinajstić information content (AvgIpc) is 2.25. The van der Waals surface area contributed by atoms with Gasteiger partial charge in [0.15, 0.2) is 0 Å². The van der Waals surface area contributed by atoms with E-state index in [-0.39, 0.29) is 0 Å². The molecule has 0 amide bonds. The van der Waals surface area contributed by atoms with E-state index in [1.807, 2.05) is 0 Å². The van der Waals surface area contributed by atoms with Crippen LogP contribution in [0.2, 0.25) is 0 Å². The molecule has 0 aromatic heterocycles. The van der Waals surface area contributed by atoms with Crippen LogP contribution in [0.3, 0.4) is 0 Å². The fourth-order valence-corrected chi connectivity index (χ4v) is 6.53. The third-order valence-electron chi connectivity index (χ3n) is 1.46. The monoisotopic (exact) mass is 285 g/mol. The Morgan fingerprint density at radius 1 is 1.20 bits per heavy atom. The van der Waals surface area contributed by atoms with E-state index in [9.17, 15) is 12.9 Å². The molecule has 0 saturated carbocycles. The Labute approximate surface area is 87.4 Å². The Balaban J connectivity index is 3.16. The lowest BCUT2D eigenvalue weighted by Crippen LogP contribution is -2.21. The highest BCUT2D eigenvalue weighted by Gasteiger charge is 2.50. The standard InChI is InChI=1S/C3H9F3N3O3P3/c1-10-9-14(6)8(4)13(5)7-15(9,11-2)12-3/h1-3H3. The van der Waals surface area contributed by atoms with Gasteiger partial charge in [0.05, 0.1) is 7.11 Å². The highest BCUT2D eigenvalue weighted by atomic mass is 31.3. The first-order chi connectivity index (χ1) is 7.02. The van der Waals surface area contributed by atoms with Crippen LogP contribution in [-0.2, 0) is 13.9 Å². The molecule has 90 valence electrons. The molecule has 2 atom stereocenters. The zero-order chi connectivity index (χ0) is 11.6. The third-order valence-corrected chi connectivity index (χ3v) is 7.49. The SMILES string of the molecule is CON1P(F)N(F)P(F)N=P1(OC)OC. The summed E-state index contributed by atoms with van der Waals surface area (Å²) in [5, 5.41) is 0. The molecule has 6 nitrogen and oxygen atoms in total. The van der Waals surface area contributed by atoms with E-state index < -0.39 is 29.4 Å². The summed E-state index contributed by atoms with van der Waals surface area (Å²) in [6.45, 7) is 0. The van der Waals surface area contributed by atoms with Crippen LogP contribution in [0.4, 0.5) is 12.9 Å². The van der Waals surface area contributed by atoms with Crippen molar-refractivity contribution < 1.29 is 26.8 Å². The van der Waals surface area contributed by atoms with Gasteiger partial charge in [-0.05, 0) is 9.27 Å². The van der Waals surface area contributed by atoms with Crippen molar-refractivity contribution >= 4 is 24.7 Å². The lowest BCUT2D eigenvalue weighted by molar-refractivity contribution is -0.00509. The van der Waals surface area contributed by atoms with Crippen molar-refractivity contribution in [2.24, 2.45) is 4.52 Å². The summed E-state index contributed by atoms with van der Waals surface area (Å²) in [6, 6.07) is 0. The largest absolute Gasteiger partial charge is 0.327 e. The van der Waals surface area contributed by atoms with Gasteiger partial charge in [-0.1, -0.05) is 0 Å². The number of hydrogen-bond donors (Lipinski definition) is 0. The molecule has 15 heavy (non-hydrogen) atoms. The van der Waals surface area contributed by atoms with Gasteiger partial charge in [-0.25, -0.2) is 0 Å². The van der Waals surface area contributed by atoms with Crippen molar-refractivity contribution in [1.29, 1.82) is 0 Å². The summed E-state index contributed by atoms with van der Waals surface area (Å²) >= 11 is 0. The zero-order valence-corrected chi connectivity index (χ0v) is 10.7. The highest BCUT2D eigenvalue weighted by molar-refractivity contribution is 7.77. The number of rotatable bonds is 3. The lowest BCUT2D eigenvalue weighted by atomic mass is 11.7. The zero-order valence-electron chi connectivity index (χ0n) is 8.04. The van der Waals surface area contributed by atoms with Crippen molar-refractivity contribution in [3.8, 4) is 0 Å². The van der Waals surface area contributed by atoms with Crippen LogP contribution < -0.4 is 0 Å². The van der Waals surface area contributed by atoms with Gasteiger partial charge in [-0.3, -0.25) is 4.84 Å². The predicted octanol–water partition coefficient (Wildman–Crippen LogP) is 3.68. The van der Waals surface area contributed by atoms with Crippen LogP contribution in [0.15, 0.2) is 4.52 Å². The summed E-state index contributed by atoms with van der Waals surface area (Å²) in [4.78, 5) is 4.57. The molecule has 1 rings (SSSR count). The minimum atomic E-state index is -3.35. The lowest BCUT2D eigenvalue weighted by Gasteiger charge is -2.36. The summed E-state index contributed by atoms with van der Waals surface area (Å²) in [7, 11) is -6.16. The molecule has 0 N–H and O–H groups in total. The van der Waals surface area contributed by atoms with Crippen LogP contribution in [0.25, 0.3) is 0 Å². The second-order valence-corrected chi connectivity index (χ2v) is 7.55. The molecule has 1 aliphatic heterocycles. The minimum Gasteiger partial charge on any atom is -0.314 e. The van der Waals surface area contributed by atoms with Crippen molar-refractivity contribution in [3.05, 3.63) is 0 Å². The molecule has 1 aliphatic rings. The topological polar surface area (TPSA) is 46.5 Å². The molecule has 0 saturated heterocycles. The maximum absolute atomic E-state index is 13.4. The molecule has 0 fully saturated rings. The molecular weight excluding hydrogens is 276 g/mol. The van der Waals surface area contributed by atoms with E-state index in [0.29, 0.717) is 4.60 Å². The van der Waals surface area contributed by atoms with Gasteiger partial charge in [-0.15, -0.1) is 4.48 Å². The van der Waals surface area contributed by atoms with Crippen LogP contribution in [0.5, 0.6) is 0 Å². The molecule has 0 aliphatic carbocycles. The quantitative estimate of drug-likeness (QED) is 0.584. The molecule has 0 radical (unpaired) electrons.